The zero-order valence-corrected chi connectivity index (χ0v) is 33.3. The first kappa shape index (κ1) is 42.2. The van der Waals surface area contributed by atoms with Crippen LogP contribution in [0.15, 0.2) is 59.8 Å². The normalized spacial score (nSPS) is 19.4. The number of benzene rings is 2. The Morgan fingerprint density at radius 1 is 1.02 bits per heavy atom. The van der Waals surface area contributed by atoms with E-state index < -0.39 is 69.5 Å². The summed E-state index contributed by atoms with van der Waals surface area (Å²) >= 11 is 0. The Labute approximate surface area is 341 Å². The summed E-state index contributed by atoms with van der Waals surface area (Å²) in [5.74, 6) is -3.50. The van der Waals surface area contributed by atoms with E-state index in [1.165, 1.54) is 57.9 Å². The molecule has 318 valence electrons. The number of aliphatic hydroxyl groups is 1. The first-order chi connectivity index (χ1) is 28.2. The lowest BCUT2D eigenvalue weighted by atomic mass is 10.0. The number of amides is 5. The lowest BCUT2D eigenvalue weighted by Gasteiger charge is -2.34. The molecule has 4 aliphatic rings. The van der Waals surface area contributed by atoms with Crippen LogP contribution in [0.3, 0.4) is 0 Å². The third-order valence-electron chi connectivity index (χ3n) is 10.2. The highest BCUT2D eigenvalue weighted by Gasteiger charge is 2.46. The number of nitrogens with one attached hydrogen (secondary N) is 2. The van der Waals surface area contributed by atoms with Crippen molar-refractivity contribution in [2.24, 2.45) is 0 Å². The first-order valence-corrected chi connectivity index (χ1v) is 20.1. The molecule has 2 fully saturated rings. The highest BCUT2D eigenvalue weighted by Crippen LogP contribution is 2.37. The number of nitrogens with zero attached hydrogens (tertiary/aromatic N) is 7. The van der Waals surface area contributed by atoms with Gasteiger partial charge in [-0.25, -0.2) is 23.4 Å². The monoisotopic (exact) mass is 855 g/mol. The molecule has 2 aromatic carbocycles. The van der Waals surface area contributed by atoms with Crippen LogP contribution in [0, 0.1) is 0 Å². The van der Waals surface area contributed by atoms with E-state index in [9.17, 15) is 50.7 Å². The predicted molar refractivity (Wildman–Crippen MR) is 204 cm³/mol. The SMILES string of the molecule is CN1CC(c2nc(Nc3ccc(S(=O)(=O)N4CCN(C(=O)COc5cccc6c5C(=O)N(C5CCC(=O)NC5=O)C6=O)CC4)cc3)ncc2C(F)(F)F)=CN1CC(C)(C)O. The van der Waals surface area contributed by atoms with Gasteiger partial charge in [0, 0.05) is 69.8 Å². The molecule has 5 heterocycles. The molecule has 3 N–H and O–H groups in total. The first-order valence-electron chi connectivity index (χ1n) is 18.7. The molecule has 18 nitrogen and oxygen atoms in total. The summed E-state index contributed by atoms with van der Waals surface area (Å²) in [7, 11) is -2.36. The molecule has 1 atom stereocenters. The maximum absolute atomic E-state index is 14.0. The second kappa shape index (κ2) is 15.9. The molecule has 2 saturated heterocycles. The van der Waals surface area contributed by atoms with Crippen molar-refractivity contribution in [1.29, 1.82) is 0 Å². The van der Waals surface area contributed by atoms with Gasteiger partial charge in [0.05, 0.1) is 33.9 Å². The number of carbonyl (C=O) groups excluding carboxylic acids is 5. The summed E-state index contributed by atoms with van der Waals surface area (Å²) < 4.78 is 76.1. The van der Waals surface area contributed by atoms with Gasteiger partial charge in [-0.1, -0.05) is 6.07 Å². The van der Waals surface area contributed by atoms with Gasteiger partial charge in [-0.05, 0) is 56.7 Å². The molecule has 1 unspecified atom stereocenters. The molecule has 7 rings (SSSR count). The molecule has 1 aromatic heterocycles. The molecule has 0 aliphatic carbocycles. The van der Waals surface area contributed by atoms with Crippen LogP contribution < -0.4 is 15.4 Å². The van der Waals surface area contributed by atoms with E-state index in [1.807, 2.05) is 0 Å². The van der Waals surface area contributed by atoms with Gasteiger partial charge in [-0.2, -0.15) is 17.5 Å². The summed E-state index contributed by atoms with van der Waals surface area (Å²) in [6.07, 6.45) is -2.66. The van der Waals surface area contributed by atoms with Crippen molar-refractivity contribution in [3.63, 3.8) is 0 Å². The fraction of sp³-hybridized carbons (Fsp3) is 0.395. The average molecular weight is 856 g/mol. The number of piperidine rings is 1. The largest absolute Gasteiger partial charge is 0.483 e. The summed E-state index contributed by atoms with van der Waals surface area (Å²) in [5, 5.41) is 18.5. The van der Waals surface area contributed by atoms with E-state index in [0.29, 0.717) is 11.9 Å². The van der Waals surface area contributed by atoms with Gasteiger partial charge in [0.15, 0.2) is 6.61 Å². The maximum atomic E-state index is 14.0. The number of likely N-dealkylation sites (N-methyl/N-ethyl adjacent to an activating group) is 1. The highest BCUT2D eigenvalue weighted by atomic mass is 32.2. The number of piperazine rings is 1. The number of sulfonamides is 1. The zero-order chi connectivity index (χ0) is 43.3. The van der Waals surface area contributed by atoms with Crippen molar-refractivity contribution in [1.82, 2.24) is 39.4 Å². The molecule has 4 aliphatic heterocycles. The number of imide groups is 2. The van der Waals surface area contributed by atoms with Crippen LogP contribution in [-0.2, 0) is 30.6 Å². The third-order valence-corrected chi connectivity index (χ3v) is 12.1. The van der Waals surface area contributed by atoms with Crippen LogP contribution >= 0.6 is 0 Å². The van der Waals surface area contributed by atoms with Gasteiger partial charge in [-0.15, -0.1) is 0 Å². The van der Waals surface area contributed by atoms with Crippen LogP contribution in [-0.4, -0.2) is 142 Å². The Morgan fingerprint density at radius 2 is 1.72 bits per heavy atom. The maximum Gasteiger partial charge on any atom is 0.419 e. The van der Waals surface area contributed by atoms with E-state index >= 15 is 0 Å². The second-order valence-corrected chi connectivity index (χ2v) is 17.1. The number of β-amino-alcohol motifs (C(OH)–C–C–N with tert-alkyl or cyclic N) is 1. The number of halogens is 3. The number of hydrogen-bond acceptors (Lipinski definition) is 14. The Morgan fingerprint density at radius 3 is 2.37 bits per heavy atom. The summed E-state index contributed by atoms with van der Waals surface area (Å²) in [5.41, 5.74) is -2.08. The summed E-state index contributed by atoms with van der Waals surface area (Å²) in [6, 6.07) is 8.57. The van der Waals surface area contributed by atoms with Gasteiger partial charge in [0.2, 0.25) is 27.8 Å². The van der Waals surface area contributed by atoms with Crippen molar-refractivity contribution in [3.05, 3.63) is 77.2 Å². The van der Waals surface area contributed by atoms with Crippen molar-refractivity contribution < 1.29 is 55.4 Å². The fourth-order valence-corrected chi connectivity index (χ4v) is 8.67. The molecule has 5 amide bonds. The smallest absolute Gasteiger partial charge is 0.419 e. The molecular weight excluding hydrogens is 816 g/mol. The Bertz CT molecular complexity index is 2400. The molecule has 22 heteroatoms. The molecule has 0 spiro atoms. The highest BCUT2D eigenvalue weighted by molar-refractivity contribution is 7.89. The number of anilines is 2. The average Bonchev–Trinajstić information content (AvgIpc) is 3.67. The van der Waals surface area contributed by atoms with Crippen LogP contribution in [0.1, 0.15) is 58.7 Å². The van der Waals surface area contributed by atoms with Gasteiger partial charge < -0.3 is 25.1 Å². The minimum absolute atomic E-state index is 0.0129. The van der Waals surface area contributed by atoms with E-state index in [-0.39, 0.29) is 91.1 Å². The lowest BCUT2D eigenvalue weighted by molar-refractivity contribution is -0.138. The van der Waals surface area contributed by atoms with Crippen LogP contribution in [0.25, 0.3) is 5.57 Å². The number of aromatic nitrogens is 2. The van der Waals surface area contributed by atoms with E-state index in [1.54, 1.807) is 30.9 Å². The molecule has 0 saturated carbocycles. The number of carbonyl (C=O) groups is 5. The molecule has 0 bridgehead atoms. The fourth-order valence-electron chi connectivity index (χ4n) is 7.25. The lowest BCUT2D eigenvalue weighted by Crippen LogP contribution is -2.54. The van der Waals surface area contributed by atoms with E-state index in [0.717, 1.165) is 4.90 Å². The summed E-state index contributed by atoms with van der Waals surface area (Å²) in [6.45, 7) is 2.78. The van der Waals surface area contributed by atoms with Crippen molar-refractivity contribution >= 4 is 56.8 Å². The Hall–Kier alpha value is -5.97. The van der Waals surface area contributed by atoms with Crippen molar-refractivity contribution in [3.8, 4) is 5.75 Å². The minimum Gasteiger partial charge on any atom is -0.483 e. The van der Waals surface area contributed by atoms with Crippen molar-refractivity contribution in [2.45, 2.75) is 49.4 Å². The van der Waals surface area contributed by atoms with Gasteiger partial charge in [0.1, 0.15) is 17.4 Å². The van der Waals surface area contributed by atoms with Crippen molar-refractivity contribution in [2.75, 3.05) is 58.2 Å². The van der Waals surface area contributed by atoms with Crippen LogP contribution in [0.5, 0.6) is 5.75 Å². The zero-order valence-electron chi connectivity index (χ0n) is 32.5. The molecular formula is C38H40F3N9O9S. The standard InChI is InChI=1S/C38H40F3N9O9S/c1-37(2,56)21-48-19-22(18-46(48)3)32-26(38(39,40)41)17-42-36(45-32)43-23-7-9-24(10-8-23)60(57,58)49-15-13-47(14-16-49)30(52)20-59-28-6-4-5-25-31(28)35(55)50(34(25)54)27-11-12-29(51)44-33(27)53/h4-10,17,19,27,56H,11-16,18,20-21H2,1-3H3,(H,42,43,45)(H,44,51,53). The molecule has 3 aromatic rings. The minimum atomic E-state index is -4.75. The molecule has 0 radical (unpaired) electrons. The topological polar surface area (TPSA) is 215 Å². The number of ether oxygens (including phenoxy) is 1. The second-order valence-electron chi connectivity index (χ2n) is 15.2. The number of hydrogen-bond donors (Lipinski definition) is 3. The third kappa shape index (κ3) is 8.53. The number of rotatable bonds is 11. The molecule has 60 heavy (non-hydrogen) atoms. The number of alkyl halides is 3. The predicted octanol–water partition coefficient (Wildman–Crippen LogP) is 1.83. The summed E-state index contributed by atoms with van der Waals surface area (Å²) in [4.78, 5) is 73.8. The Kier molecular flexibility index (Phi) is 11.2. The van der Waals surface area contributed by atoms with Crippen LogP contribution in [0.2, 0.25) is 0 Å². The Balaban J connectivity index is 0.959. The van der Waals surface area contributed by atoms with Crippen LogP contribution in [0.4, 0.5) is 24.8 Å². The van der Waals surface area contributed by atoms with E-state index in [2.05, 4.69) is 20.6 Å². The van der Waals surface area contributed by atoms with Gasteiger partial charge in [-0.3, -0.25) is 34.2 Å². The quantitative estimate of drug-likeness (QED) is 0.235. The number of hydrazine groups is 1. The van der Waals surface area contributed by atoms with E-state index in [4.69, 9.17) is 4.74 Å². The number of fused-ring (bicyclic) bond motifs is 1. The van der Waals surface area contributed by atoms with Gasteiger partial charge >= 0.3 is 6.18 Å². The van der Waals surface area contributed by atoms with Gasteiger partial charge in [0.25, 0.3) is 17.7 Å².